The molecule has 0 N–H and O–H groups in total. The minimum absolute atomic E-state index is 0.0248. The first-order valence-corrected chi connectivity index (χ1v) is 9.44. The van der Waals surface area contributed by atoms with Crippen molar-refractivity contribution in [3.05, 3.63) is 63.7 Å². The van der Waals surface area contributed by atoms with Gasteiger partial charge in [0.15, 0.2) is 5.60 Å². The number of carbonyl (C=O) groups excluding carboxylic acids is 1. The van der Waals surface area contributed by atoms with Crippen LogP contribution in [0.1, 0.15) is 28.4 Å². The van der Waals surface area contributed by atoms with E-state index in [0.717, 1.165) is 18.7 Å². The maximum Gasteiger partial charge on any atom is 0.339 e. The minimum atomic E-state index is -1.15. The number of esters is 1. The molecule has 0 radical (unpaired) electrons. The van der Waals surface area contributed by atoms with Crippen LogP contribution in [0.25, 0.3) is 0 Å². The smallest absolute Gasteiger partial charge is 0.339 e. The lowest BCUT2D eigenvalue weighted by molar-refractivity contribution is -0.187. The number of hydrogen-bond donors (Lipinski definition) is 0. The molecule has 1 saturated heterocycles. The van der Waals surface area contributed by atoms with Crippen LogP contribution in [0.2, 0.25) is 5.02 Å². The van der Waals surface area contributed by atoms with Crippen LogP contribution in [0.15, 0.2) is 35.3 Å². The number of rotatable bonds is 6. The second-order valence-electron chi connectivity index (χ2n) is 6.97. The second kappa shape index (κ2) is 8.47. The summed E-state index contributed by atoms with van der Waals surface area (Å²) in [6.45, 7) is 4.62. The largest absolute Gasteiger partial charge is 0.446 e. The maximum atomic E-state index is 14.7. The van der Waals surface area contributed by atoms with E-state index in [1.807, 2.05) is 18.9 Å². The molecule has 5 nitrogen and oxygen atoms in total. The summed E-state index contributed by atoms with van der Waals surface area (Å²) in [5.74, 6) is -1.95. The molecule has 0 amide bonds. The minimum Gasteiger partial charge on any atom is -0.446 e. The molecule has 2 aromatic rings. The van der Waals surface area contributed by atoms with Crippen LogP contribution in [0.4, 0.5) is 14.5 Å². The molecule has 3 rings (SSSR count). The van der Waals surface area contributed by atoms with E-state index in [2.05, 4.69) is 4.99 Å². The Kier molecular flexibility index (Phi) is 6.19. The van der Waals surface area contributed by atoms with Gasteiger partial charge in [-0.2, -0.15) is 0 Å². The molecule has 154 valence electrons. The molecule has 2 aromatic carbocycles. The van der Waals surface area contributed by atoms with Gasteiger partial charge in [0.1, 0.15) is 17.3 Å². The lowest BCUT2D eigenvalue weighted by Gasteiger charge is -2.41. The van der Waals surface area contributed by atoms with E-state index in [1.165, 1.54) is 12.1 Å². The highest BCUT2D eigenvalue weighted by molar-refractivity contribution is 6.30. The zero-order valence-electron chi connectivity index (χ0n) is 16.3. The van der Waals surface area contributed by atoms with Crippen molar-refractivity contribution in [3.8, 4) is 0 Å². The molecule has 1 aliphatic rings. The van der Waals surface area contributed by atoms with Gasteiger partial charge in [0.05, 0.1) is 25.1 Å². The van der Waals surface area contributed by atoms with E-state index >= 15 is 0 Å². The topological polar surface area (TPSA) is 51.1 Å². The van der Waals surface area contributed by atoms with Gasteiger partial charge in [-0.1, -0.05) is 11.6 Å². The monoisotopic (exact) mass is 422 g/mol. The summed E-state index contributed by atoms with van der Waals surface area (Å²) in [7, 11) is 1.83. The van der Waals surface area contributed by atoms with Crippen LogP contribution in [0.5, 0.6) is 0 Å². The Morgan fingerprint density at radius 2 is 2.03 bits per heavy atom. The van der Waals surface area contributed by atoms with Crippen molar-refractivity contribution in [2.24, 2.45) is 4.99 Å². The Bertz CT molecular complexity index is 941. The second-order valence-corrected chi connectivity index (χ2v) is 7.41. The number of aryl methyl sites for hydroxylation is 1. The number of halogens is 3. The van der Waals surface area contributed by atoms with E-state index < -0.39 is 23.2 Å². The number of carbonyl (C=O) groups is 1. The van der Waals surface area contributed by atoms with Crippen LogP contribution in [0, 0.1) is 18.6 Å². The van der Waals surface area contributed by atoms with Crippen molar-refractivity contribution in [1.29, 1.82) is 0 Å². The van der Waals surface area contributed by atoms with Gasteiger partial charge in [0.25, 0.3) is 0 Å². The van der Waals surface area contributed by atoms with Crippen LogP contribution in [-0.2, 0) is 15.1 Å². The van der Waals surface area contributed by atoms with Crippen LogP contribution in [0.3, 0.4) is 0 Å². The van der Waals surface area contributed by atoms with Gasteiger partial charge in [-0.05, 0) is 49.7 Å². The van der Waals surface area contributed by atoms with Gasteiger partial charge >= 0.3 is 5.97 Å². The molecule has 1 aliphatic heterocycles. The Hall–Kier alpha value is -2.51. The molecule has 0 atom stereocenters. The first kappa shape index (κ1) is 21.2. The van der Waals surface area contributed by atoms with Gasteiger partial charge in [0.2, 0.25) is 0 Å². The van der Waals surface area contributed by atoms with Gasteiger partial charge in [-0.25, -0.2) is 18.6 Å². The molecule has 0 bridgehead atoms. The third-order valence-electron chi connectivity index (χ3n) is 4.73. The van der Waals surface area contributed by atoms with E-state index in [-0.39, 0.29) is 29.5 Å². The Morgan fingerprint density at radius 1 is 1.31 bits per heavy atom. The summed E-state index contributed by atoms with van der Waals surface area (Å²) in [5.41, 5.74) is 0.197. The van der Waals surface area contributed by atoms with Crippen LogP contribution in [-0.4, -0.2) is 44.0 Å². The third-order valence-corrected chi connectivity index (χ3v) is 4.95. The first-order valence-electron chi connectivity index (χ1n) is 9.06. The van der Waals surface area contributed by atoms with Crippen molar-refractivity contribution in [3.63, 3.8) is 0 Å². The average molecular weight is 423 g/mol. The molecule has 1 heterocycles. The molecule has 0 saturated carbocycles. The Morgan fingerprint density at radius 3 is 2.62 bits per heavy atom. The predicted octanol–water partition coefficient (Wildman–Crippen LogP) is 4.62. The normalized spacial score (nSPS) is 15.2. The Balaban J connectivity index is 1.90. The Labute approximate surface area is 172 Å². The third kappa shape index (κ3) is 4.57. The van der Waals surface area contributed by atoms with Crippen molar-refractivity contribution < 1.29 is 23.0 Å². The fraction of sp³-hybridized carbons (Fsp3) is 0.333. The SMILES string of the molecule is CCN(C)C=Nc1cc(C)c(C2(OC(=O)c3cc(F)cc(Cl)c3)COC2)cc1F. The first-order chi connectivity index (χ1) is 13.7. The quantitative estimate of drug-likeness (QED) is 0.387. The number of aliphatic imine (C=N–C) groups is 1. The number of nitrogens with zero attached hydrogens (tertiary/aromatic N) is 2. The summed E-state index contributed by atoms with van der Waals surface area (Å²) in [5, 5.41) is 0.0809. The molecule has 0 aromatic heterocycles. The van der Waals surface area contributed by atoms with E-state index in [9.17, 15) is 13.6 Å². The van der Waals surface area contributed by atoms with E-state index in [1.54, 1.807) is 19.3 Å². The number of ether oxygens (including phenoxy) is 2. The summed E-state index contributed by atoms with van der Waals surface area (Å²) in [4.78, 5) is 18.6. The molecule has 0 unspecified atom stereocenters. The highest BCUT2D eigenvalue weighted by atomic mass is 35.5. The number of hydrogen-bond acceptors (Lipinski definition) is 4. The molecule has 1 fully saturated rings. The fourth-order valence-corrected chi connectivity index (χ4v) is 3.19. The summed E-state index contributed by atoms with van der Waals surface area (Å²) < 4.78 is 39.1. The van der Waals surface area contributed by atoms with Crippen molar-refractivity contribution in [2.45, 2.75) is 19.4 Å². The van der Waals surface area contributed by atoms with Crippen LogP contribution < -0.4 is 0 Å². The number of benzene rings is 2. The molecular formula is C21H21ClF2N2O3. The zero-order chi connectivity index (χ0) is 21.2. The van der Waals surface area contributed by atoms with E-state index in [4.69, 9.17) is 21.1 Å². The van der Waals surface area contributed by atoms with Gasteiger partial charge in [0, 0.05) is 24.2 Å². The zero-order valence-corrected chi connectivity index (χ0v) is 17.1. The van der Waals surface area contributed by atoms with Crippen molar-refractivity contribution in [2.75, 3.05) is 26.8 Å². The summed E-state index contributed by atoms with van der Waals surface area (Å²) in [6, 6.07) is 6.35. The average Bonchev–Trinajstić information content (AvgIpc) is 2.64. The van der Waals surface area contributed by atoms with Crippen molar-refractivity contribution >= 4 is 29.6 Å². The van der Waals surface area contributed by atoms with Gasteiger partial charge in [-0.15, -0.1) is 0 Å². The van der Waals surface area contributed by atoms with Crippen molar-refractivity contribution in [1.82, 2.24) is 4.90 Å². The fourth-order valence-electron chi connectivity index (χ4n) is 2.96. The van der Waals surface area contributed by atoms with Gasteiger partial charge in [-0.3, -0.25) is 0 Å². The molecule has 0 spiro atoms. The molecule has 29 heavy (non-hydrogen) atoms. The van der Waals surface area contributed by atoms with E-state index in [0.29, 0.717) is 11.1 Å². The molecule has 0 aliphatic carbocycles. The van der Waals surface area contributed by atoms with Gasteiger partial charge < -0.3 is 14.4 Å². The highest BCUT2D eigenvalue weighted by Crippen LogP contribution is 2.39. The lowest BCUT2D eigenvalue weighted by atomic mass is 9.87. The molecule has 8 heteroatoms. The lowest BCUT2D eigenvalue weighted by Crippen LogP contribution is -2.50. The maximum absolute atomic E-state index is 14.7. The molecular weight excluding hydrogens is 402 g/mol. The summed E-state index contributed by atoms with van der Waals surface area (Å²) >= 11 is 5.82. The standard InChI is InChI=1S/C21H21ClF2N2O3/c1-4-26(3)12-25-19-5-13(2)17(9-18(19)24)21(10-28-11-21)29-20(27)14-6-15(22)8-16(23)7-14/h5-9,12H,4,10-11H2,1-3H3. The summed E-state index contributed by atoms with van der Waals surface area (Å²) in [6.07, 6.45) is 1.55. The van der Waals surface area contributed by atoms with Crippen LogP contribution >= 0.6 is 11.6 Å². The predicted molar refractivity (Wildman–Crippen MR) is 107 cm³/mol. The highest BCUT2D eigenvalue weighted by Gasteiger charge is 2.46.